The highest BCUT2D eigenvalue weighted by Crippen LogP contribution is 2.18. The largest absolute Gasteiger partial charge is 0.324 e. The van der Waals surface area contributed by atoms with Crippen molar-refractivity contribution >= 4 is 0 Å². The molecule has 0 unspecified atom stereocenters. The van der Waals surface area contributed by atoms with E-state index < -0.39 is 0 Å². The van der Waals surface area contributed by atoms with Gasteiger partial charge in [-0.1, -0.05) is 26.0 Å². The van der Waals surface area contributed by atoms with Gasteiger partial charge in [0.15, 0.2) is 0 Å². The lowest BCUT2D eigenvalue weighted by atomic mass is 9.98. The first-order valence-corrected chi connectivity index (χ1v) is 4.60. The maximum atomic E-state index is 12.6. The lowest BCUT2D eigenvalue weighted by molar-refractivity contribution is 0.509. The molecule has 0 radical (unpaired) electrons. The van der Waals surface area contributed by atoms with E-state index in [0.717, 1.165) is 12.0 Å². The Hall–Kier alpha value is -0.890. The minimum Gasteiger partial charge on any atom is -0.324 e. The van der Waals surface area contributed by atoms with Crippen LogP contribution >= 0.6 is 0 Å². The van der Waals surface area contributed by atoms with Gasteiger partial charge in [-0.2, -0.15) is 0 Å². The van der Waals surface area contributed by atoms with Gasteiger partial charge in [0.1, 0.15) is 5.82 Å². The van der Waals surface area contributed by atoms with Gasteiger partial charge in [-0.3, -0.25) is 0 Å². The van der Waals surface area contributed by atoms with Crippen molar-refractivity contribution in [3.8, 4) is 0 Å². The summed E-state index contributed by atoms with van der Waals surface area (Å²) >= 11 is 0. The highest BCUT2D eigenvalue weighted by atomic mass is 19.1. The number of hydrogen-bond donors (Lipinski definition) is 1. The van der Waals surface area contributed by atoms with Gasteiger partial charge in [0.2, 0.25) is 0 Å². The first-order valence-electron chi connectivity index (χ1n) is 4.60. The summed E-state index contributed by atoms with van der Waals surface area (Å²) in [6, 6.07) is 6.44. The fraction of sp³-hybridized carbons (Fsp3) is 0.455. The van der Waals surface area contributed by atoms with E-state index in [1.165, 1.54) is 12.1 Å². The highest BCUT2D eigenvalue weighted by molar-refractivity contribution is 5.19. The molecule has 13 heavy (non-hydrogen) atoms. The Bertz CT molecular complexity index is 253. The van der Waals surface area contributed by atoms with Crippen LogP contribution in [0, 0.1) is 11.7 Å². The highest BCUT2D eigenvalue weighted by Gasteiger charge is 2.07. The molecule has 0 spiro atoms. The normalized spacial score (nSPS) is 13.3. The lowest BCUT2D eigenvalue weighted by Crippen LogP contribution is -2.12. The average molecular weight is 181 g/mol. The van der Waals surface area contributed by atoms with Crippen LogP contribution < -0.4 is 5.73 Å². The maximum absolute atomic E-state index is 12.6. The molecule has 72 valence electrons. The first-order chi connectivity index (χ1) is 6.09. The number of nitrogens with two attached hydrogens (primary N) is 1. The van der Waals surface area contributed by atoms with Crippen molar-refractivity contribution in [1.82, 2.24) is 0 Å². The lowest BCUT2D eigenvalue weighted by Gasteiger charge is -2.13. The van der Waals surface area contributed by atoms with Crippen LogP contribution in [-0.2, 0) is 0 Å². The molecule has 0 aromatic heterocycles. The smallest absolute Gasteiger partial charge is 0.123 e. The zero-order chi connectivity index (χ0) is 9.84. The van der Waals surface area contributed by atoms with Crippen LogP contribution in [0.4, 0.5) is 4.39 Å². The Balaban J connectivity index is 2.66. The van der Waals surface area contributed by atoms with Gasteiger partial charge >= 0.3 is 0 Å². The molecule has 0 aliphatic heterocycles. The zero-order valence-corrected chi connectivity index (χ0v) is 8.13. The van der Waals surface area contributed by atoms with Crippen LogP contribution in [0.25, 0.3) is 0 Å². The maximum Gasteiger partial charge on any atom is 0.123 e. The van der Waals surface area contributed by atoms with Gasteiger partial charge in [-0.15, -0.1) is 0 Å². The van der Waals surface area contributed by atoms with Crippen molar-refractivity contribution in [2.45, 2.75) is 26.3 Å². The molecular formula is C11H16FN. The van der Waals surface area contributed by atoms with Crippen LogP contribution in [0.5, 0.6) is 0 Å². The molecule has 0 bridgehead atoms. The molecule has 0 saturated carbocycles. The molecule has 1 nitrogen and oxygen atoms in total. The third-order valence-electron chi connectivity index (χ3n) is 2.02. The van der Waals surface area contributed by atoms with Crippen molar-refractivity contribution in [2.24, 2.45) is 11.7 Å². The average Bonchev–Trinajstić information content (AvgIpc) is 2.04. The summed E-state index contributed by atoms with van der Waals surface area (Å²) < 4.78 is 12.6. The quantitative estimate of drug-likeness (QED) is 0.762. The third kappa shape index (κ3) is 3.15. The molecule has 0 amide bonds. The molecule has 0 aliphatic rings. The SMILES string of the molecule is CC(C)C[C@@H](N)c1ccc(F)cc1. The molecule has 0 saturated heterocycles. The molecule has 2 N–H and O–H groups in total. The predicted octanol–water partition coefficient (Wildman–Crippen LogP) is 2.87. The number of benzene rings is 1. The first kappa shape index (κ1) is 10.2. The van der Waals surface area contributed by atoms with E-state index in [-0.39, 0.29) is 11.9 Å². The van der Waals surface area contributed by atoms with Crippen molar-refractivity contribution in [3.63, 3.8) is 0 Å². The van der Waals surface area contributed by atoms with E-state index in [0.29, 0.717) is 5.92 Å². The summed E-state index contributed by atoms with van der Waals surface area (Å²) in [4.78, 5) is 0. The Labute approximate surface area is 78.8 Å². The predicted molar refractivity (Wildman–Crippen MR) is 52.8 cm³/mol. The molecule has 1 rings (SSSR count). The summed E-state index contributed by atoms with van der Waals surface area (Å²) in [5, 5.41) is 0. The molecular weight excluding hydrogens is 165 g/mol. The summed E-state index contributed by atoms with van der Waals surface area (Å²) in [7, 11) is 0. The molecule has 1 aromatic rings. The molecule has 1 aromatic carbocycles. The van der Waals surface area contributed by atoms with Crippen LogP contribution in [0.3, 0.4) is 0 Å². The second-order valence-electron chi connectivity index (χ2n) is 3.79. The van der Waals surface area contributed by atoms with Gasteiger partial charge in [0.25, 0.3) is 0 Å². The molecule has 0 heterocycles. The number of rotatable bonds is 3. The fourth-order valence-electron chi connectivity index (χ4n) is 1.35. The Morgan fingerprint density at radius 3 is 2.23 bits per heavy atom. The number of hydrogen-bond acceptors (Lipinski definition) is 1. The van der Waals surface area contributed by atoms with E-state index >= 15 is 0 Å². The summed E-state index contributed by atoms with van der Waals surface area (Å²) in [5.41, 5.74) is 6.93. The van der Waals surface area contributed by atoms with E-state index in [4.69, 9.17) is 5.73 Å². The van der Waals surface area contributed by atoms with Crippen LogP contribution in [0.1, 0.15) is 31.9 Å². The zero-order valence-electron chi connectivity index (χ0n) is 8.13. The second-order valence-corrected chi connectivity index (χ2v) is 3.79. The summed E-state index contributed by atoms with van der Waals surface area (Å²) in [5.74, 6) is 0.362. The van der Waals surface area contributed by atoms with Gasteiger partial charge in [0, 0.05) is 6.04 Å². The molecule has 0 aliphatic carbocycles. The van der Waals surface area contributed by atoms with E-state index in [9.17, 15) is 4.39 Å². The van der Waals surface area contributed by atoms with Crippen molar-refractivity contribution < 1.29 is 4.39 Å². The van der Waals surface area contributed by atoms with Crippen LogP contribution in [0.2, 0.25) is 0 Å². The molecule has 0 fully saturated rings. The topological polar surface area (TPSA) is 26.0 Å². The van der Waals surface area contributed by atoms with Gasteiger partial charge < -0.3 is 5.73 Å². The summed E-state index contributed by atoms with van der Waals surface area (Å²) in [6.07, 6.45) is 0.936. The molecule has 2 heteroatoms. The van der Waals surface area contributed by atoms with E-state index in [1.54, 1.807) is 12.1 Å². The minimum absolute atomic E-state index is 0.0283. The fourth-order valence-corrected chi connectivity index (χ4v) is 1.35. The van der Waals surface area contributed by atoms with Crippen molar-refractivity contribution in [1.29, 1.82) is 0 Å². The molecule has 1 atom stereocenters. The number of halogens is 1. The van der Waals surface area contributed by atoms with Crippen molar-refractivity contribution in [3.05, 3.63) is 35.6 Å². The minimum atomic E-state index is -0.208. The monoisotopic (exact) mass is 181 g/mol. The van der Waals surface area contributed by atoms with E-state index in [1.807, 2.05) is 0 Å². The third-order valence-corrected chi connectivity index (χ3v) is 2.02. The Morgan fingerprint density at radius 1 is 1.23 bits per heavy atom. The second kappa shape index (κ2) is 4.38. The van der Waals surface area contributed by atoms with Crippen LogP contribution in [-0.4, -0.2) is 0 Å². The summed E-state index contributed by atoms with van der Waals surface area (Å²) in [6.45, 7) is 4.26. The Kier molecular flexibility index (Phi) is 3.43. The van der Waals surface area contributed by atoms with Crippen molar-refractivity contribution in [2.75, 3.05) is 0 Å². The van der Waals surface area contributed by atoms with Crippen LogP contribution in [0.15, 0.2) is 24.3 Å². The Morgan fingerprint density at radius 2 is 1.77 bits per heavy atom. The standard InChI is InChI=1S/C11H16FN/c1-8(2)7-11(13)9-3-5-10(12)6-4-9/h3-6,8,11H,7,13H2,1-2H3/t11-/m1/s1. The van der Waals surface area contributed by atoms with E-state index in [2.05, 4.69) is 13.8 Å². The van der Waals surface area contributed by atoms with Gasteiger partial charge in [0.05, 0.1) is 0 Å². The van der Waals surface area contributed by atoms with Gasteiger partial charge in [-0.05, 0) is 30.0 Å². The van der Waals surface area contributed by atoms with Gasteiger partial charge in [-0.25, -0.2) is 4.39 Å².